The van der Waals surface area contributed by atoms with Crippen molar-refractivity contribution in [3.8, 4) is 0 Å². The maximum Gasteiger partial charge on any atom is 0.325 e. The van der Waals surface area contributed by atoms with Gasteiger partial charge in [-0.15, -0.1) is 0 Å². The summed E-state index contributed by atoms with van der Waals surface area (Å²) in [7, 11) is 0. The Morgan fingerprint density at radius 2 is 2.44 bits per heavy atom. The lowest BCUT2D eigenvalue weighted by Gasteiger charge is -1.97. The third kappa shape index (κ3) is 4.80. The second-order valence-corrected chi connectivity index (χ2v) is 1.30. The van der Waals surface area contributed by atoms with Crippen LogP contribution in [0.5, 0.6) is 0 Å². The number of nitrogens with one attached hydrogen (secondary N) is 1. The Morgan fingerprint density at radius 3 is 2.89 bits per heavy atom. The van der Waals surface area contributed by atoms with E-state index in [1.54, 1.807) is 6.92 Å². The number of ether oxygens (including phenoxy) is 1. The first kappa shape index (κ1) is 7.94. The lowest BCUT2D eigenvalue weighted by molar-refractivity contribution is -0.142. The molecule has 0 aliphatic heterocycles. The number of esters is 1. The minimum absolute atomic E-state index is 0.0443. The third-order valence-electron chi connectivity index (χ3n) is 0.635. The van der Waals surface area contributed by atoms with Gasteiger partial charge in [0.15, 0.2) is 0 Å². The topological polar surface area (TPSA) is 55.4 Å². The molecule has 0 rings (SSSR count). The highest BCUT2D eigenvalue weighted by Crippen LogP contribution is 1.72. The zero-order chi connectivity index (χ0) is 7.11. The van der Waals surface area contributed by atoms with E-state index in [-0.39, 0.29) is 6.54 Å². The molecule has 0 unspecified atom stereocenters. The van der Waals surface area contributed by atoms with Gasteiger partial charge in [0, 0.05) is 0 Å². The summed E-state index contributed by atoms with van der Waals surface area (Å²) in [6, 6.07) is 0. The predicted octanol–water partition coefficient (Wildman–Crippen LogP) is -0.705. The summed E-state index contributed by atoms with van der Waals surface area (Å²) >= 11 is 0. The summed E-state index contributed by atoms with van der Waals surface area (Å²) in [5, 5.41) is 2.18. The first-order chi connectivity index (χ1) is 4.31. The van der Waals surface area contributed by atoms with E-state index in [0.29, 0.717) is 13.0 Å². The summed E-state index contributed by atoms with van der Waals surface area (Å²) in [5.41, 5.74) is 0. The number of carbonyl (C=O) groups excluding carboxylic acids is 2. The lowest BCUT2D eigenvalue weighted by atomic mass is 10.7. The normalized spacial score (nSPS) is 8.11. The van der Waals surface area contributed by atoms with Crippen LogP contribution < -0.4 is 5.32 Å². The number of rotatable bonds is 4. The average Bonchev–Trinajstić information content (AvgIpc) is 1.85. The highest BCUT2D eigenvalue weighted by molar-refractivity contribution is 5.73. The largest absolute Gasteiger partial charge is 0.465 e. The fourth-order valence-electron chi connectivity index (χ4n) is 0.337. The minimum atomic E-state index is -0.412. The molecule has 1 amide bonds. The Hall–Kier alpha value is -1.06. The van der Waals surface area contributed by atoms with Crippen LogP contribution in [0, 0.1) is 0 Å². The molecule has 0 aromatic carbocycles. The smallest absolute Gasteiger partial charge is 0.325 e. The Balaban J connectivity index is 3.16. The van der Waals surface area contributed by atoms with Crippen molar-refractivity contribution in [2.45, 2.75) is 6.92 Å². The van der Waals surface area contributed by atoms with Crippen LogP contribution in [0.25, 0.3) is 0 Å². The van der Waals surface area contributed by atoms with Gasteiger partial charge in [0.05, 0.1) is 6.61 Å². The molecule has 0 saturated heterocycles. The second kappa shape index (κ2) is 5.08. The van der Waals surface area contributed by atoms with E-state index < -0.39 is 5.97 Å². The van der Waals surface area contributed by atoms with Crippen LogP contribution in [0.1, 0.15) is 6.92 Å². The van der Waals surface area contributed by atoms with Crippen molar-refractivity contribution in [1.29, 1.82) is 0 Å². The first-order valence-corrected chi connectivity index (χ1v) is 2.64. The molecule has 0 fully saturated rings. The first-order valence-electron chi connectivity index (χ1n) is 2.64. The molecule has 0 aliphatic rings. The Morgan fingerprint density at radius 1 is 1.78 bits per heavy atom. The van der Waals surface area contributed by atoms with Crippen LogP contribution in [-0.4, -0.2) is 25.5 Å². The molecule has 0 aliphatic carbocycles. The molecule has 1 N–H and O–H groups in total. The quantitative estimate of drug-likeness (QED) is 0.312. The summed E-state index contributed by atoms with van der Waals surface area (Å²) in [6.07, 6.45) is 0.455. The van der Waals surface area contributed by atoms with Gasteiger partial charge in [0.1, 0.15) is 6.54 Å². The summed E-state index contributed by atoms with van der Waals surface area (Å²) in [6.45, 7) is 2.01. The molecule has 0 aromatic heterocycles. The predicted molar refractivity (Wildman–Crippen MR) is 30.7 cm³/mol. The van der Waals surface area contributed by atoms with Gasteiger partial charge in [-0.3, -0.25) is 9.59 Å². The van der Waals surface area contributed by atoms with Crippen molar-refractivity contribution in [3.63, 3.8) is 0 Å². The number of hydrogen-bond acceptors (Lipinski definition) is 3. The van der Waals surface area contributed by atoms with Gasteiger partial charge in [-0.1, -0.05) is 0 Å². The van der Waals surface area contributed by atoms with Gasteiger partial charge in [0.2, 0.25) is 6.41 Å². The monoisotopic (exact) mass is 132 g/mol. The van der Waals surface area contributed by atoms with Crippen LogP contribution >= 0.6 is 0 Å². The SMILES string of the molecule is CCOC(=O)C[15NH]C=O. The van der Waals surface area contributed by atoms with Crippen LogP contribution in [0.2, 0.25) is 0 Å². The molecule has 4 nitrogen and oxygen atoms in total. The Labute approximate surface area is 53.2 Å². The number of hydrogen-bond donors (Lipinski definition) is 1. The van der Waals surface area contributed by atoms with Crippen molar-refractivity contribution < 1.29 is 14.3 Å². The van der Waals surface area contributed by atoms with Crippen LogP contribution in [0.15, 0.2) is 0 Å². The van der Waals surface area contributed by atoms with Crippen molar-refractivity contribution in [2.75, 3.05) is 13.2 Å². The maximum atomic E-state index is 10.4. The van der Waals surface area contributed by atoms with Gasteiger partial charge in [0.25, 0.3) is 0 Å². The van der Waals surface area contributed by atoms with E-state index in [9.17, 15) is 9.59 Å². The summed E-state index contributed by atoms with van der Waals surface area (Å²) < 4.78 is 4.48. The highest BCUT2D eigenvalue weighted by atomic mass is 16.5. The molecule has 4 heteroatoms. The molecular weight excluding hydrogens is 123 g/mol. The van der Waals surface area contributed by atoms with E-state index in [4.69, 9.17) is 0 Å². The molecule has 0 aromatic rings. The van der Waals surface area contributed by atoms with Crippen molar-refractivity contribution in [2.24, 2.45) is 0 Å². The van der Waals surface area contributed by atoms with E-state index in [0.717, 1.165) is 0 Å². The highest BCUT2D eigenvalue weighted by Gasteiger charge is 1.96. The lowest BCUT2D eigenvalue weighted by Crippen LogP contribution is -2.23. The van der Waals surface area contributed by atoms with E-state index in [2.05, 4.69) is 10.1 Å². The van der Waals surface area contributed by atoms with Gasteiger partial charge < -0.3 is 10.1 Å². The Kier molecular flexibility index (Phi) is 4.49. The Bertz CT molecular complexity index is 102. The number of amides is 1. The maximum absolute atomic E-state index is 10.4. The molecule has 0 heterocycles. The summed E-state index contributed by atoms with van der Waals surface area (Å²) in [4.78, 5) is 20.0. The zero-order valence-electron chi connectivity index (χ0n) is 5.22. The standard InChI is InChI=1S/C5H9NO3/c1-2-9-5(8)3-6-4-7/h4H,2-3H2,1H3,(H,6,7)/i6+1. The molecule has 0 saturated carbocycles. The molecular formula is C5H9NO3. The van der Waals surface area contributed by atoms with Gasteiger partial charge >= 0.3 is 5.97 Å². The molecule has 0 bridgehead atoms. The van der Waals surface area contributed by atoms with Gasteiger partial charge in [-0.25, -0.2) is 0 Å². The van der Waals surface area contributed by atoms with Gasteiger partial charge in [-0.05, 0) is 6.92 Å². The minimum Gasteiger partial charge on any atom is -0.465 e. The zero-order valence-corrected chi connectivity index (χ0v) is 5.22. The number of carbonyl (C=O) groups is 2. The van der Waals surface area contributed by atoms with Crippen LogP contribution in [0.4, 0.5) is 0 Å². The van der Waals surface area contributed by atoms with Crippen LogP contribution in [-0.2, 0) is 14.3 Å². The van der Waals surface area contributed by atoms with E-state index >= 15 is 0 Å². The van der Waals surface area contributed by atoms with Crippen molar-refractivity contribution in [1.82, 2.24) is 5.32 Å². The second-order valence-electron chi connectivity index (χ2n) is 1.30. The van der Waals surface area contributed by atoms with Crippen molar-refractivity contribution in [3.05, 3.63) is 0 Å². The van der Waals surface area contributed by atoms with Gasteiger partial charge in [-0.2, -0.15) is 0 Å². The fraction of sp³-hybridized carbons (Fsp3) is 0.600. The molecule has 0 spiro atoms. The summed E-state index contributed by atoms with van der Waals surface area (Å²) in [5.74, 6) is -0.412. The van der Waals surface area contributed by atoms with Crippen molar-refractivity contribution >= 4 is 12.4 Å². The molecule has 52 valence electrons. The molecule has 9 heavy (non-hydrogen) atoms. The van der Waals surface area contributed by atoms with E-state index in [1.165, 1.54) is 0 Å². The average molecular weight is 132 g/mol. The molecule has 0 atom stereocenters. The van der Waals surface area contributed by atoms with Crippen LogP contribution in [0.3, 0.4) is 0 Å². The molecule has 0 radical (unpaired) electrons. The third-order valence-corrected chi connectivity index (χ3v) is 0.635. The fourth-order valence-corrected chi connectivity index (χ4v) is 0.337. The van der Waals surface area contributed by atoms with E-state index in [1.807, 2.05) is 0 Å².